The van der Waals surface area contributed by atoms with Gasteiger partial charge in [-0.1, -0.05) is 54.6 Å². The largest absolute Gasteiger partial charge is 0.507 e. The van der Waals surface area contributed by atoms with Crippen LogP contribution in [0.1, 0.15) is 10.4 Å². The van der Waals surface area contributed by atoms with E-state index < -0.39 is 5.97 Å². The first kappa shape index (κ1) is 15.0. The lowest BCUT2D eigenvalue weighted by Crippen LogP contribution is -1.99. The number of hydrogen-bond acceptors (Lipinski definition) is 3. The topological polar surface area (TPSA) is 77.8 Å². The molecule has 25 heavy (non-hydrogen) atoms. The van der Waals surface area contributed by atoms with E-state index in [0.29, 0.717) is 21.9 Å². The molecule has 0 fully saturated rings. The van der Waals surface area contributed by atoms with Crippen molar-refractivity contribution in [1.29, 1.82) is 0 Å². The van der Waals surface area contributed by atoms with Crippen molar-refractivity contribution in [1.82, 2.24) is 0 Å². The molecule has 0 saturated heterocycles. The summed E-state index contributed by atoms with van der Waals surface area (Å²) in [6.07, 6.45) is 0. The maximum absolute atomic E-state index is 11.6. The molecule has 122 valence electrons. The minimum atomic E-state index is -1.22. The van der Waals surface area contributed by atoms with E-state index in [9.17, 15) is 20.1 Å². The van der Waals surface area contributed by atoms with Gasteiger partial charge in [0.2, 0.25) is 0 Å². The number of aromatic carboxylic acids is 1. The molecule has 0 aliphatic heterocycles. The zero-order chi connectivity index (χ0) is 17.6. The van der Waals surface area contributed by atoms with Gasteiger partial charge in [-0.2, -0.15) is 0 Å². The molecular formula is C21H14O4. The van der Waals surface area contributed by atoms with Gasteiger partial charge in [0.1, 0.15) is 17.1 Å². The van der Waals surface area contributed by atoms with Gasteiger partial charge in [0.05, 0.1) is 0 Å². The van der Waals surface area contributed by atoms with Crippen molar-refractivity contribution in [2.24, 2.45) is 0 Å². The van der Waals surface area contributed by atoms with Crippen LogP contribution in [0.3, 0.4) is 0 Å². The number of hydrogen-bond donors (Lipinski definition) is 3. The van der Waals surface area contributed by atoms with Crippen LogP contribution in [0.15, 0.2) is 66.7 Å². The van der Waals surface area contributed by atoms with Gasteiger partial charge in [-0.3, -0.25) is 0 Å². The van der Waals surface area contributed by atoms with E-state index in [-0.39, 0.29) is 17.1 Å². The molecule has 0 aliphatic carbocycles. The first-order valence-corrected chi connectivity index (χ1v) is 7.77. The Labute approximate surface area is 143 Å². The number of carbonyl (C=O) groups is 1. The minimum absolute atomic E-state index is 0.0123. The van der Waals surface area contributed by atoms with Crippen molar-refractivity contribution >= 4 is 27.5 Å². The number of rotatable bonds is 2. The standard InChI is InChI=1S/C21H14O4/c22-17-10-9-12-5-1-3-7-14(12)18(17)19-15-8-4-2-6-13(15)11-16(20(19)23)21(24)25/h1-11,22-23H,(H,24,25). The highest BCUT2D eigenvalue weighted by atomic mass is 16.4. The molecular weight excluding hydrogens is 316 g/mol. The maximum atomic E-state index is 11.6. The predicted octanol–water partition coefficient (Wildman–Crippen LogP) is 4.77. The van der Waals surface area contributed by atoms with Gasteiger partial charge in [0.15, 0.2) is 0 Å². The highest BCUT2D eigenvalue weighted by Crippen LogP contribution is 2.45. The Morgan fingerprint density at radius 1 is 0.720 bits per heavy atom. The Bertz CT molecular complexity index is 1150. The van der Waals surface area contributed by atoms with Crippen LogP contribution in [-0.4, -0.2) is 21.3 Å². The Balaban J connectivity index is 2.24. The lowest BCUT2D eigenvalue weighted by molar-refractivity contribution is 0.0694. The molecule has 0 radical (unpaired) electrons. The van der Waals surface area contributed by atoms with Gasteiger partial charge < -0.3 is 15.3 Å². The lowest BCUT2D eigenvalue weighted by atomic mass is 9.90. The summed E-state index contributed by atoms with van der Waals surface area (Å²) in [7, 11) is 0. The van der Waals surface area contributed by atoms with Crippen LogP contribution in [-0.2, 0) is 0 Å². The summed E-state index contributed by atoms with van der Waals surface area (Å²) >= 11 is 0. The molecule has 0 bridgehead atoms. The SMILES string of the molecule is O=C(O)c1cc2ccccc2c(-c2c(O)ccc3ccccc23)c1O. The molecule has 4 rings (SSSR count). The van der Waals surface area contributed by atoms with Crippen LogP contribution in [0.25, 0.3) is 32.7 Å². The van der Waals surface area contributed by atoms with Gasteiger partial charge in [-0.15, -0.1) is 0 Å². The Kier molecular flexibility index (Phi) is 3.32. The van der Waals surface area contributed by atoms with Crippen molar-refractivity contribution in [2.75, 3.05) is 0 Å². The molecule has 0 saturated carbocycles. The van der Waals surface area contributed by atoms with E-state index in [4.69, 9.17) is 0 Å². The zero-order valence-electron chi connectivity index (χ0n) is 13.1. The molecule has 0 aromatic heterocycles. The van der Waals surface area contributed by atoms with Crippen molar-refractivity contribution < 1.29 is 20.1 Å². The third-order valence-corrected chi connectivity index (χ3v) is 4.41. The molecule has 3 N–H and O–H groups in total. The molecule has 0 amide bonds. The average Bonchev–Trinajstić information content (AvgIpc) is 2.62. The van der Waals surface area contributed by atoms with E-state index in [1.165, 1.54) is 6.07 Å². The smallest absolute Gasteiger partial charge is 0.339 e. The normalized spacial score (nSPS) is 11.0. The van der Waals surface area contributed by atoms with Crippen LogP contribution in [0, 0.1) is 0 Å². The second kappa shape index (κ2) is 5.53. The number of aromatic hydroxyl groups is 2. The highest BCUT2D eigenvalue weighted by molar-refractivity contribution is 6.12. The highest BCUT2D eigenvalue weighted by Gasteiger charge is 2.22. The van der Waals surface area contributed by atoms with E-state index in [1.54, 1.807) is 30.3 Å². The third-order valence-electron chi connectivity index (χ3n) is 4.41. The van der Waals surface area contributed by atoms with E-state index >= 15 is 0 Å². The van der Waals surface area contributed by atoms with Crippen LogP contribution in [0.2, 0.25) is 0 Å². The van der Waals surface area contributed by atoms with Crippen LogP contribution < -0.4 is 0 Å². The first-order valence-electron chi connectivity index (χ1n) is 7.77. The second-order valence-corrected chi connectivity index (χ2v) is 5.85. The summed E-state index contributed by atoms with van der Waals surface area (Å²) in [6, 6.07) is 19.5. The van der Waals surface area contributed by atoms with Gasteiger partial charge in [-0.25, -0.2) is 4.79 Å². The fourth-order valence-electron chi connectivity index (χ4n) is 3.28. The van der Waals surface area contributed by atoms with Gasteiger partial charge in [0.25, 0.3) is 0 Å². The molecule has 4 nitrogen and oxygen atoms in total. The first-order chi connectivity index (χ1) is 12.1. The molecule has 0 aliphatic rings. The summed E-state index contributed by atoms with van der Waals surface area (Å²) in [4.78, 5) is 11.6. The van der Waals surface area contributed by atoms with Crippen molar-refractivity contribution in [2.45, 2.75) is 0 Å². The molecule has 4 aromatic rings. The van der Waals surface area contributed by atoms with Crippen molar-refractivity contribution in [3.8, 4) is 22.6 Å². The zero-order valence-corrected chi connectivity index (χ0v) is 13.1. The van der Waals surface area contributed by atoms with Gasteiger partial charge in [-0.05, 0) is 33.7 Å². The fraction of sp³-hybridized carbons (Fsp3) is 0. The molecule has 0 atom stereocenters. The molecule has 0 unspecified atom stereocenters. The number of carboxylic acids is 1. The number of carboxylic acid groups (broad SMARTS) is 1. The van der Waals surface area contributed by atoms with Crippen LogP contribution >= 0.6 is 0 Å². The Morgan fingerprint density at radius 2 is 1.32 bits per heavy atom. The van der Waals surface area contributed by atoms with Crippen LogP contribution in [0.5, 0.6) is 11.5 Å². The molecule has 4 aromatic carbocycles. The van der Waals surface area contributed by atoms with Crippen LogP contribution in [0.4, 0.5) is 0 Å². The number of benzene rings is 4. The molecule has 0 spiro atoms. The number of fused-ring (bicyclic) bond motifs is 2. The monoisotopic (exact) mass is 330 g/mol. The molecule has 0 heterocycles. The fourth-order valence-corrected chi connectivity index (χ4v) is 3.28. The summed E-state index contributed by atoms with van der Waals surface area (Å²) in [5.74, 6) is -1.58. The third kappa shape index (κ3) is 2.27. The van der Waals surface area contributed by atoms with Gasteiger partial charge in [0, 0.05) is 11.1 Å². The summed E-state index contributed by atoms with van der Waals surface area (Å²) < 4.78 is 0. The minimum Gasteiger partial charge on any atom is -0.507 e. The number of phenols is 2. The summed E-state index contributed by atoms with van der Waals surface area (Å²) in [5.41, 5.74) is 0.556. The lowest BCUT2D eigenvalue weighted by Gasteiger charge is -2.15. The van der Waals surface area contributed by atoms with E-state index in [0.717, 1.165) is 10.8 Å². The van der Waals surface area contributed by atoms with Crippen molar-refractivity contribution in [3.05, 3.63) is 72.3 Å². The summed E-state index contributed by atoms with van der Waals surface area (Å²) in [5, 5.41) is 33.7. The van der Waals surface area contributed by atoms with Crippen molar-refractivity contribution in [3.63, 3.8) is 0 Å². The summed E-state index contributed by atoms with van der Waals surface area (Å²) in [6.45, 7) is 0. The van der Waals surface area contributed by atoms with E-state index in [1.807, 2.05) is 30.3 Å². The second-order valence-electron chi connectivity index (χ2n) is 5.85. The Morgan fingerprint density at radius 3 is 2.00 bits per heavy atom. The van der Waals surface area contributed by atoms with Gasteiger partial charge >= 0.3 is 5.97 Å². The Hall–Kier alpha value is -3.53. The molecule has 4 heteroatoms. The predicted molar refractivity (Wildman–Crippen MR) is 97.2 cm³/mol. The number of phenolic OH excluding ortho intramolecular Hbond substituents is 1. The quantitative estimate of drug-likeness (QED) is 0.495. The van der Waals surface area contributed by atoms with E-state index in [2.05, 4.69) is 0 Å². The average molecular weight is 330 g/mol. The maximum Gasteiger partial charge on any atom is 0.339 e.